The van der Waals surface area contributed by atoms with Crippen LogP contribution in [0, 0.1) is 0 Å². The highest BCUT2D eigenvalue weighted by atomic mass is 32.1. The number of benzene rings is 2. The fourth-order valence-corrected chi connectivity index (χ4v) is 3.26. The van der Waals surface area contributed by atoms with Gasteiger partial charge >= 0.3 is 0 Å². The molecule has 0 saturated carbocycles. The summed E-state index contributed by atoms with van der Waals surface area (Å²) < 4.78 is 1.12. The van der Waals surface area contributed by atoms with Crippen molar-refractivity contribution >= 4 is 44.9 Å². The monoisotopic (exact) mass is 351 g/mol. The maximum Gasteiger partial charge on any atom is 0.248 e. The molecule has 0 aliphatic carbocycles. The van der Waals surface area contributed by atoms with Crippen molar-refractivity contribution in [2.24, 2.45) is 0 Å². The van der Waals surface area contributed by atoms with Crippen LogP contribution in [0.4, 0.5) is 11.4 Å². The first-order valence-corrected chi connectivity index (χ1v) is 9.02. The van der Waals surface area contributed by atoms with Gasteiger partial charge in [-0.1, -0.05) is 18.2 Å². The number of thiazole rings is 1. The summed E-state index contributed by atoms with van der Waals surface area (Å²) in [6.45, 7) is 4.26. The largest absolute Gasteiger partial charge is 0.372 e. The highest BCUT2D eigenvalue weighted by molar-refractivity contribution is 7.19. The molecule has 0 atom stereocenters. The molecule has 0 bridgehead atoms. The van der Waals surface area contributed by atoms with E-state index in [1.807, 2.05) is 55.6 Å². The Hall–Kier alpha value is -2.66. The molecule has 128 valence electrons. The molecule has 1 heterocycles. The van der Waals surface area contributed by atoms with Gasteiger partial charge in [-0.2, -0.15) is 0 Å². The van der Waals surface area contributed by atoms with Crippen LogP contribution in [0.1, 0.15) is 18.9 Å². The van der Waals surface area contributed by atoms with Gasteiger partial charge < -0.3 is 10.2 Å². The van der Waals surface area contributed by atoms with Crippen LogP contribution in [0.15, 0.2) is 54.6 Å². The average Bonchev–Trinajstić information content (AvgIpc) is 3.02. The third-order valence-corrected chi connectivity index (χ3v) is 4.98. The summed E-state index contributed by atoms with van der Waals surface area (Å²) in [6.07, 6.45) is 3.28. The lowest BCUT2D eigenvalue weighted by atomic mass is 10.2. The Labute approximate surface area is 151 Å². The average molecular weight is 351 g/mol. The van der Waals surface area contributed by atoms with Gasteiger partial charge in [-0.05, 0) is 50.3 Å². The number of carbonyl (C=O) groups excluding carboxylic acids is 1. The molecule has 1 amide bonds. The predicted molar refractivity (Wildman–Crippen MR) is 107 cm³/mol. The van der Waals surface area contributed by atoms with Gasteiger partial charge in [0.05, 0.1) is 10.2 Å². The number of anilines is 2. The molecule has 0 unspecified atom stereocenters. The second kappa shape index (κ2) is 7.49. The Morgan fingerprint density at radius 3 is 2.76 bits per heavy atom. The second-order valence-electron chi connectivity index (χ2n) is 6.10. The fourth-order valence-electron chi connectivity index (χ4n) is 2.39. The lowest BCUT2D eigenvalue weighted by Crippen LogP contribution is -2.25. The molecule has 0 aliphatic heterocycles. The van der Waals surface area contributed by atoms with E-state index in [4.69, 9.17) is 0 Å². The van der Waals surface area contributed by atoms with Crippen LogP contribution in [0.25, 0.3) is 16.3 Å². The molecule has 0 spiro atoms. The minimum absolute atomic E-state index is 0.163. The van der Waals surface area contributed by atoms with E-state index in [1.54, 1.807) is 17.4 Å². The highest BCUT2D eigenvalue weighted by Gasteiger charge is 2.06. The Kier molecular flexibility index (Phi) is 5.14. The van der Waals surface area contributed by atoms with E-state index in [2.05, 4.69) is 29.0 Å². The number of para-hydroxylation sites is 1. The smallest absolute Gasteiger partial charge is 0.248 e. The molecule has 3 aromatic rings. The molecule has 3 rings (SSSR count). The molecule has 5 heteroatoms. The van der Waals surface area contributed by atoms with Gasteiger partial charge in [0.15, 0.2) is 0 Å². The van der Waals surface area contributed by atoms with Crippen molar-refractivity contribution in [2.75, 3.05) is 17.3 Å². The van der Waals surface area contributed by atoms with Gasteiger partial charge in [-0.15, -0.1) is 11.3 Å². The van der Waals surface area contributed by atoms with E-state index in [9.17, 15) is 4.79 Å². The summed E-state index contributed by atoms with van der Waals surface area (Å²) in [5, 5.41) is 3.73. The maximum atomic E-state index is 12.2. The number of hydrogen-bond acceptors (Lipinski definition) is 4. The number of nitrogens with one attached hydrogen (secondary N) is 1. The standard InChI is InChI=1S/C20H21N3OS/c1-14(2)23(3)16-8-6-7-15(13-16)21-19(24)11-12-20-22-17-9-4-5-10-18(17)25-20/h4-14H,1-3H3,(H,21,24). The first-order valence-electron chi connectivity index (χ1n) is 8.20. The van der Waals surface area contributed by atoms with Crippen LogP contribution >= 0.6 is 11.3 Å². The Morgan fingerprint density at radius 2 is 2.00 bits per heavy atom. The SMILES string of the molecule is CC(C)N(C)c1cccc(NC(=O)C=Cc2nc3ccccc3s2)c1. The fraction of sp³-hybridized carbons (Fsp3) is 0.200. The first kappa shape index (κ1) is 17.2. The van der Waals surface area contributed by atoms with Crippen molar-refractivity contribution in [1.29, 1.82) is 0 Å². The van der Waals surface area contributed by atoms with Crippen molar-refractivity contribution < 1.29 is 4.79 Å². The molecule has 0 saturated heterocycles. The number of amides is 1. The minimum atomic E-state index is -0.163. The number of carbonyl (C=O) groups is 1. The van der Waals surface area contributed by atoms with Gasteiger partial charge in [-0.3, -0.25) is 4.79 Å². The zero-order valence-corrected chi connectivity index (χ0v) is 15.4. The number of rotatable bonds is 5. The first-order chi connectivity index (χ1) is 12.0. The molecular formula is C20H21N3OS. The van der Waals surface area contributed by atoms with Gasteiger partial charge in [-0.25, -0.2) is 4.98 Å². The summed E-state index contributed by atoms with van der Waals surface area (Å²) in [7, 11) is 2.04. The summed E-state index contributed by atoms with van der Waals surface area (Å²) in [5.41, 5.74) is 2.81. The van der Waals surface area contributed by atoms with Gasteiger partial charge in [0.1, 0.15) is 5.01 Å². The molecule has 0 fully saturated rings. The van der Waals surface area contributed by atoms with Gasteiger partial charge in [0, 0.05) is 30.5 Å². The van der Waals surface area contributed by atoms with Crippen molar-refractivity contribution in [3.05, 3.63) is 59.6 Å². The molecule has 2 aromatic carbocycles. The number of fused-ring (bicyclic) bond motifs is 1. The molecule has 0 aliphatic rings. The van der Waals surface area contributed by atoms with Crippen molar-refractivity contribution in [3.8, 4) is 0 Å². The molecule has 4 nitrogen and oxygen atoms in total. The zero-order valence-electron chi connectivity index (χ0n) is 14.6. The van der Waals surface area contributed by atoms with Crippen LogP contribution in [-0.4, -0.2) is 24.0 Å². The maximum absolute atomic E-state index is 12.2. The number of nitrogens with zero attached hydrogens (tertiary/aromatic N) is 2. The quantitative estimate of drug-likeness (QED) is 0.672. The predicted octanol–water partition coefficient (Wildman–Crippen LogP) is 4.79. The van der Waals surface area contributed by atoms with Crippen LogP contribution in [0.5, 0.6) is 0 Å². The van der Waals surface area contributed by atoms with Crippen LogP contribution in [-0.2, 0) is 4.79 Å². The van der Waals surface area contributed by atoms with Crippen molar-refractivity contribution in [2.45, 2.75) is 19.9 Å². The van der Waals surface area contributed by atoms with E-state index in [-0.39, 0.29) is 5.91 Å². The Balaban J connectivity index is 1.69. The number of aromatic nitrogens is 1. The second-order valence-corrected chi connectivity index (χ2v) is 7.16. The van der Waals surface area contributed by atoms with E-state index in [0.717, 1.165) is 26.6 Å². The Bertz CT molecular complexity index is 881. The highest BCUT2D eigenvalue weighted by Crippen LogP contribution is 2.23. The van der Waals surface area contributed by atoms with Gasteiger partial charge in [0.25, 0.3) is 0 Å². The van der Waals surface area contributed by atoms with E-state index in [1.165, 1.54) is 6.08 Å². The van der Waals surface area contributed by atoms with Gasteiger partial charge in [0.2, 0.25) is 5.91 Å². The topological polar surface area (TPSA) is 45.2 Å². The third-order valence-electron chi connectivity index (χ3n) is 3.98. The molecular weight excluding hydrogens is 330 g/mol. The minimum Gasteiger partial charge on any atom is -0.372 e. The summed E-state index contributed by atoms with van der Waals surface area (Å²) >= 11 is 1.57. The normalized spacial score (nSPS) is 11.4. The molecule has 1 N–H and O–H groups in total. The van der Waals surface area contributed by atoms with E-state index < -0.39 is 0 Å². The zero-order chi connectivity index (χ0) is 17.8. The van der Waals surface area contributed by atoms with Crippen LogP contribution in [0.3, 0.4) is 0 Å². The van der Waals surface area contributed by atoms with Crippen LogP contribution in [0.2, 0.25) is 0 Å². The van der Waals surface area contributed by atoms with E-state index >= 15 is 0 Å². The molecule has 1 aromatic heterocycles. The summed E-state index contributed by atoms with van der Waals surface area (Å²) in [6, 6.07) is 16.2. The molecule has 25 heavy (non-hydrogen) atoms. The van der Waals surface area contributed by atoms with Crippen molar-refractivity contribution in [3.63, 3.8) is 0 Å². The summed E-state index contributed by atoms with van der Waals surface area (Å²) in [5.74, 6) is -0.163. The van der Waals surface area contributed by atoms with E-state index in [0.29, 0.717) is 6.04 Å². The third kappa shape index (κ3) is 4.25. The lowest BCUT2D eigenvalue weighted by Gasteiger charge is -2.24. The lowest BCUT2D eigenvalue weighted by molar-refractivity contribution is -0.111. The van der Waals surface area contributed by atoms with Crippen LogP contribution < -0.4 is 10.2 Å². The van der Waals surface area contributed by atoms with Crippen molar-refractivity contribution in [1.82, 2.24) is 4.98 Å². The summed E-state index contributed by atoms with van der Waals surface area (Å²) in [4.78, 5) is 18.8. The molecule has 0 radical (unpaired) electrons. The number of hydrogen-bond donors (Lipinski definition) is 1. The Morgan fingerprint density at radius 1 is 1.20 bits per heavy atom.